The molecule has 20 heavy (non-hydrogen) atoms. The van der Waals surface area contributed by atoms with Crippen molar-refractivity contribution in [3.63, 3.8) is 0 Å². The van der Waals surface area contributed by atoms with Crippen molar-refractivity contribution in [3.8, 4) is 5.75 Å². The number of nitrogens with one attached hydrogen (secondary N) is 1. The van der Waals surface area contributed by atoms with E-state index in [-0.39, 0.29) is 0 Å². The highest BCUT2D eigenvalue weighted by Crippen LogP contribution is 2.37. The van der Waals surface area contributed by atoms with Crippen LogP contribution in [0, 0.1) is 0 Å². The number of rotatable bonds is 5. The first-order valence-corrected chi connectivity index (χ1v) is 9.03. The molecule has 2 nitrogen and oxygen atoms in total. The minimum atomic E-state index is 0.371. The third-order valence-corrected chi connectivity index (χ3v) is 4.79. The standard InChI is InChI=1S/C16H23Br2NO/c1-11(2)19-10-12-8-14(17)16(15(18)9-12)20-13-6-4-3-5-7-13/h8-9,11,13,19H,3-7,10H2,1-2H3. The van der Waals surface area contributed by atoms with Crippen molar-refractivity contribution in [1.82, 2.24) is 5.32 Å². The lowest BCUT2D eigenvalue weighted by molar-refractivity contribution is 0.153. The number of hydrogen-bond acceptors (Lipinski definition) is 2. The van der Waals surface area contributed by atoms with Crippen molar-refractivity contribution >= 4 is 31.9 Å². The number of ether oxygens (including phenoxy) is 1. The maximum atomic E-state index is 6.18. The third kappa shape index (κ3) is 4.74. The van der Waals surface area contributed by atoms with Crippen molar-refractivity contribution in [2.75, 3.05) is 0 Å². The van der Waals surface area contributed by atoms with Gasteiger partial charge in [0.2, 0.25) is 0 Å². The number of halogens is 2. The SMILES string of the molecule is CC(C)NCc1cc(Br)c(OC2CCCCC2)c(Br)c1. The Labute approximate surface area is 138 Å². The van der Waals surface area contributed by atoms with E-state index in [0.29, 0.717) is 12.1 Å². The zero-order valence-corrected chi connectivity index (χ0v) is 15.4. The average molecular weight is 405 g/mol. The average Bonchev–Trinajstić information content (AvgIpc) is 2.42. The minimum Gasteiger partial charge on any atom is -0.488 e. The summed E-state index contributed by atoms with van der Waals surface area (Å²) >= 11 is 7.30. The molecule has 0 bridgehead atoms. The fourth-order valence-electron chi connectivity index (χ4n) is 2.50. The maximum absolute atomic E-state index is 6.18. The minimum absolute atomic E-state index is 0.371. The Kier molecular flexibility index (Phi) is 6.37. The number of hydrogen-bond donors (Lipinski definition) is 1. The Bertz CT molecular complexity index is 419. The van der Waals surface area contributed by atoms with Crippen molar-refractivity contribution in [2.45, 2.75) is 64.6 Å². The van der Waals surface area contributed by atoms with Gasteiger partial charge in [-0.05, 0) is 75.2 Å². The molecule has 0 aromatic heterocycles. The van der Waals surface area contributed by atoms with E-state index >= 15 is 0 Å². The maximum Gasteiger partial charge on any atom is 0.148 e. The topological polar surface area (TPSA) is 21.3 Å². The van der Waals surface area contributed by atoms with E-state index in [1.165, 1.54) is 37.7 Å². The molecule has 0 heterocycles. The van der Waals surface area contributed by atoms with E-state index in [0.717, 1.165) is 21.2 Å². The highest BCUT2D eigenvalue weighted by atomic mass is 79.9. The highest BCUT2D eigenvalue weighted by Gasteiger charge is 2.18. The molecule has 0 saturated heterocycles. The van der Waals surface area contributed by atoms with E-state index in [1.807, 2.05) is 0 Å². The molecule has 0 atom stereocenters. The van der Waals surface area contributed by atoms with Crippen LogP contribution in [0.25, 0.3) is 0 Å². The predicted octanol–water partition coefficient (Wildman–Crippen LogP) is 5.42. The van der Waals surface area contributed by atoms with Gasteiger partial charge in [-0.15, -0.1) is 0 Å². The van der Waals surface area contributed by atoms with Crippen LogP contribution < -0.4 is 10.1 Å². The van der Waals surface area contributed by atoms with Gasteiger partial charge in [-0.25, -0.2) is 0 Å². The number of benzene rings is 1. The third-order valence-electron chi connectivity index (χ3n) is 3.61. The summed E-state index contributed by atoms with van der Waals surface area (Å²) in [6.45, 7) is 5.19. The van der Waals surface area contributed by atoms with Crippen molar-refractivity contribution in [2.24, 2.45) is 0 Å². The zero-order chi connectivity index (χ0) is 14.5. The van der Waals surface area contributed by atoms with Gasteiger partial charge in [0.25, 0.3) is 0 Å². The van der Waals surface area contributed by atoms with Gasteiger partial charge in [0, 0.05) is 12.6 Å². The molecule has 0 spiro atoms. The van der Waals surface area contributed by atoms with Crippen LogP contribution >= 0.6 is 31.9 Å². The van der Waals surface area contributed by atoms with Gasteiger partial charge >= 0.3 is 0 Å². The molecule has 1 aliphatic carbocycles. The summed E-state index contributed by atoms with van der Waals surface area (Å²) in [5.74, 6) is 0.949. The van der Waals surface area contributed by atoms with Crippen LogP contribution in [0.3, 0.4) is 0 Å². The van der Waals surface area contributed by atoms with Gasteiger partial charge in [-0.1, -0.05) is 20.3 Å². The van der Waals surface area contributed by atoms with Crippen LogP contribution in [0.1, 0.15) is 51.5 Å². The van der Waals surface area contributed by atoms with Crippen LogP contribution in [0.15, 0.2) is 21.1 Å². The Morgan fingerprint density at radius 1 is 1.15 bits per heavy atom. The van der Waals surface area contributed by atoms with Crippen LogP contribution in [-0.4, -0.2) is 12.1 Å². The second kappa shape index (κ2) is 7.81. The lowest BCUT2D eigenvalue weighted by Crippen LogP contribution is -2.22. The Hall–Kier alpha value is -0.0600. The monoisotopic (exact) mass is 403 g/mol. The molecule has 2 rings (SSSR count). The van der Waals surface area contributed by atoms with E-state index in [1.54, 1.807) is 0 Å². The van der Waals surface area contributed by atoms with Gasteiger partial charge in [-0.3, -0.25) is 0 Å². The molecule has 0 aliphatic heterocycles. The molecule has 1 aliphatic rings. The molecule has 0 unspecified atom stereocenters. The summed E-state index contributed by atoms with van der Waals surface area (Å²) < 4.78 is 8.26. The quantitative estimate of drug-likeness (QED) is 0.707. The van der Waals surface area contributed by atoms with Crippen molar-refractivity contribution in [3.05, 3.63) is 26.6 Å². The second-order valence-corrected chi connectivity index (χ2v) is 7.51. The molecular weight excluding hydrogens is 382 g/mol. The lowest BCUT2D eigenvalue weighted by Gasteiger charge is -2.24. The van der Waals surface area contributed by atoms with Gasteiger partial charge in [0.15, 0.2) is 0 Å². The van der Waals surface area contributed by atoms with E-state index in [2.05, 4.69) is 63.2 Å². The van der Waals surface area contributed by atoms with E-state index < -0.39 is 0 Å². The fourth-order valence-corrected chi connectivity index (χ4v) is 3.97. The van der Waals surface area contributed by atoms with Crippen LogP contribution in [0.5, 0.6) is 5.75 Å². The van der Waals surface area contributed by atoms with Crippen molar-refractivity contribution in [1.29, 1.82) is 0 Å². The van der Waals surface area contributed by atoms with Crippen LogP contribution in [-0.2, 0) is 6.54 Å². The molecule has 0 radical (unpaired) electrons. The highest BCUT2D eigenvalue weighted by molar-refractivity contribution is 9.11. The fraction of sp³-hybridized carbons (Fsp3) is 0.625. The first kappa shape index (κ1) is 16.3. The Morgan fingerprint density at radius 3 is 2.30 bits per heavy atom. The van der Waals surface area contributed by atoms with E-state index in [4.69, 9.17) is 4.74 Å². The van der Waals surface area contributed by atoms with Crippen LogP contribution in [0.2, 0.25) is 0 Å². The van der Waals surface area contributed by atoms with Gasteiger partial charge in [0.05, 0.1) is 15.0 Å². The molecule has 1 saturated carbocycles. The summed E-state index contributed by atoms with van der Waals surface area (Å²) in [7, 11) is 0. The largest absolute Gasteiger partial charge is 0.488 e. The summed E-state index contributed by atoms with van der Waals surface area (Å²) in [5.41, 5.74) is 1.26. The molecule has 1 aromatic rings. The lowest BCUT2D eigenvalue weighted by atomic mass is 9.98. The molecule has 1 N–H and O–H groups in total. The predicted molar refractivity (Wildman–Crippen MR) is 91.3 cm³/mol. The molecule has 0 amide bonds. The molecule has 112 valence electrons. The molecular formula is C16H23Br2NO. The molecule has 1 fully saturated rings. The van der Waals surface area contributed by atoms with Gasteiger partial charge in [0.1, 0.15) is 5.75 Å². The Morgan fingerprint density at radius 2 is 1.75 bits per heavy atom. The normalized spacial score (nSPS) is 16.6. The first-order chi connectivity index (χ1) is 9.56. The zero-order valence-electron chi connectivity index (χ0n) is 12.2. The Balaban J connectivity index is 2.05. The molecule has 4 heteroatoms. The summed E-state index contributed by atoms with van der Waals surface area (Å²) in [6, 6.07) is 4.79. The van der Waals surface area contributed by atoms with Crippen molar-refractivity contribution < 1.29 is 4.74 Å². The van der Waals surface area contributed by atoms with Gasteiger partial charge in [-0.2, -0.15) is 0 Å². The summed E-state index contributed by atoms with van der Waals surface area (Å²) in [6.07, 6.45) is 6.65. The summed E-state index contributed by atoms with van der Waals surface area (Å²) in [4.78, 5) is 0. The van der Waals surface area contributed by atoms with E-state index in [9.17, 15) is 0 Å². The summed E-state index contributed by atoms with van der Waals surface area (Å²) in [5, 5.41) is 3.43. The van der Waals surface area contributed by atoms with Crippen LogP contribution in [0.4, 0.5) is 0 Å². The molecule has 1 aromatic carbocycles. The second-order valence-electron chi connectivity index (χ2n) is 5.80. The smallest absolute Gasteiger partial charge is 0.148 e. The first-order valence-electron chi connectivity index (χ1n) is 7.44. The van der Waals surface area contributed by atoms with Gasteiger partial charge < -0.3 is 10.1 Å².